The Balaban J connectivity index is 1.70. The number of aromatic amines is 1. The maximum Gasteiger partial charge on any atom is 0.227 e. The van der Waals surface area contributed by atoms with E-state index in [0.717, 1.165) is 49.2 Å². The van der Waals surface area contributed by atoms with E-state index in [1.807, 2.05) is 23.1 Å². The van der Waals surface area contributed by atoms with Gasteiger partial charge in [0.05, 0.1) is 23.8 Å². The van der Waals surface area contributed by atoms with E-state index in [0.29, 0.717) is 6.42 Å². The van der Waals surface area contributed by atoms with E-state index < -0.39 is 0 Å². The number of imidazole rings is 1. The van der Waals surface area contributed by atoms with E-state index in [4.69, 9.17) is 0 Å². The second kappa shape index (κ2) is 5.40. The Morgan fingerprint density at radius 3 is 3.21 bits per heavy atom. The number of benzene rings is 1. The molecular weight excluding hydrogens is 240 g/mol. The summed E-state index contributed by atoms with van der Waals surface area (Å²) in [6.07, 6.45) is 3.18. The number of H-pyrrole nitrogens is 1. The zero-order chi connectivity index (χ0) is 13.1. The molecule has 100 valence electrons. The van der Waals surface area contributed by atoms with E-state index >= 15 is 0 Å². The van der Waals surface area contributed by atoms with Crippen LogP contribution in [-0.4, -0.2) is 47.0 Å². The van der Waals surface area contributed by atoms with Crippen molar-refractivity contribution in [2.24, 2.45) is 0 Å². The third-order valence-electron chi connectivity index (χ3n) is 3.53. The van der Waals surface area contributed by atoms with Gasteiger partial charge in [-0.25, -0.2) is 4.98 Å². The van der Waals surface area contributed by atoms with Gasteiger partial charge < -0.3 is 15.2 Å². The summed E-state index contributed by atoms with van der Waals surface area (Å²) in [6.45, 7) is 3.57. The predicted octanol–water partition coefficient (Wildman–Crippen LogP) is 0.927. The van der Waals surface area contributed by atoms with Gasteiger partial charge in [-0.15, -0.1) is 0 Å². The Morgan fingerprint density at radius 1 is 1.32 bits per heavy atom. The van der Waals surface area contributed by atoms with Crippen LogP contribution in [0.2, 0.25) is 0 Å². The molecule has 5 heteroatoms. The highest BCUT2D eigenvalue weighted by Crippen LogP contribution is 2.13. The Bertz CT molecular complexity index is 570. The van der Waals surface area contributed by atoms with Gasteiger partial charge in [-0.3, -0.25) is 4.79 Å². The van der Waals surface area contributed by atoms with E-state index in [1.54, 1.807) is 6.33 Å². The van der Waals surface area contributed by atoms with Crippen LogP contribution in [0.5, 0.6) is 0 Å². The van der Waals surface area contributed by atoms with Crippen molar-refractivity contribution >= 4 is 16.9 Å². The molecule has 0 bridgehead atoms. The van der Waals surface area contributed by atoms with Gasteiger partial charge in [0.2, 0.25) is 5.91 Å². The van der Waals surface area contributed by atoms with Crippen LogP contribution in [0.25, 0.3) is 11.0 Å². The van der Waals surface area contributed by atoms with Gasteiger partial charge in [-0.05, 0) is 30.7 Å². The van der Waals surface area contributed by atoms with E-state index in [1.165, 1.54) is 0 Å². The smallest absolute Gasteiger partial charge is 0.227 e. The van der Waals surface area contributed by atoms with Gasteiger partial charge in [0, 0.05) is 19.6 Å². The molecule has 1 aromatic carbocycles. The molecule has 1 amide bonds. The van der Waals surface area contributed by atoms with Crippen LogP contribution in [0.15, 0.2) is 24.5 Å². The molecule has 19 heavy (non-hydrogen) atoms. The Morgan fingerprint density at radius 2 is 2.26 bits per heavy atom. The van der Waals surface area contributed by atoms with Gasteiger partial charge in [-0.2, -0.15) is 0 Å². The largest absolute Gasteiger partial charge is 0.345 e. The number of hydrogen-bond donors (Lipinski definition) is 2. The topological polar surface area (TPSA) is 61.0 Å². The Kier molecular flexibility index (Phi) is 3.46. The summed E-state index contributed by atoms with van der Waals surface area (Å²) in [6, 6.07) is 5.95. The van der Waals surface area contributed by atoms with Crippen LogP contribution in [-0.2, 0) is 11.2 Å². The molecule has 0 spiro atoms. The minimum absolute atomic E-state index is 0.211. The third-order valence-corrected chi connectivity index (χ3v) is 3.53. The lowest BCUT2D eigenvalue weighted by molar-refractivity contribution is -0.130. The monoisotopic (exact) mass is 258 g/mol. The third kappa shape index (κ3) is 2.76. The molecule has 1 saturated heterocycles. The number of nitrogens with zero attached hydrogens (tertiary/aromatic N) is 2. The van der Waals surface area contributed by atoms with Crippen LogP contribution in [0.3, 0.4) is 0 Å². The molecule has 0 aliphatic carbocycles. The molecule has 1 aliphatic rings. The van der Waals surface area contributed by atoms with Gasteiger partial charge in [0.15, 0.2) is 0 Å². The van der Waals surface area contributed by atoms with Crippen LogP contribution in [0.4, 0.5) is 0 Å². The average Bonchev–Trinajstić information content (AvgIpc) is 2.71. The predicted molar refractivity (Wildman–Crippen MR) is 73.9 cm³/mol. The fourth-order valence-corrected chi connectivity index (χ4v) is 2.47. The molecule has 2 N–H and O–H groups in total. The maximum atomic E-state index is 12.3. The van der Waals surface area contributed by atoms with Crippen molar-refractivity contribution in [1.82, 2.24) is 20.2 Å². The molecule has 0 saturated carbocycles. The van der Waals surface area contributed by atoms with E-state index in [9.17, 15) is 4.79 Å². The summed E-state index contributed by atoms with van der Waals surface area (Å²) < 4.78 is 0. The van der Waals surface area contributed by atoms with Crippen LogP contribution >= 0.6 is 0 Å². The summed E-state index contributed by atoms with van der Waals surface area (Å²) in [4.78, 5) is 21.5. The number of amides is 1. The number of fused-ring (bicyclic) bond motifs is 1. The van der Waals surface area contributed by atoms with Gasteiger partial charge in [-0.1, -0.05) is 6.07 Å². The minimum atomic E-state index is 0.211. The van der Waals surface area contributed by atoms with Crippen molar-refractivity contribution < 1.29 is 4.79 Å². The van der Waals surface area contributed by atoms with Crippen LogP contribution in [0, 0.1) is 0 Å². The SMILES string of the molecule is O=C(Cc1ccc2nc[nH]c2c1)N1CCCNCC1. The first-order valence-corrected chi connectivity index (χ1v) is 6.73. The van der Waals surface area contributed by atoms with E-state index in [2.05, 4.69) is 15.3 Å². The van der Waals surface area contributed by atoms with Crippen molar-refractivity contribution in [2.45, 2.75) is 12.8 Å². The first-order valence-electron chi connectivity index (χ1n) is 6.73. The summed E-state index contributed by atoms with van der Waals surface area (Å²) in [7, 11) is 0. The van der Waals surface area contributed by atoms with Crippen molar-refractivity contribution in [3.8, 4) is 0 Å². The summed E-state index contributed by atoms with van der Waals surface area (Å²) in [5, 5.41) is 3.31. The highest BCUT2D eigenvalue weighted by atomic mass is 16.2. The second-order valence-corrected chi connectivity index (χ2v) is 4.92. The molecule has 3 rings (SSSR count). The number of aromatic nitrogens is 2. The normalized spacial score (nSPS) is 16.5. The highest BCUT2D eigenvalue weighted by molar-refractivity contribution is 5.81. The first-order chi connectivity index (χ1) is 9.33. The van der Waals surface area contributed by atoms with Crippen LogP contribution < -0.4 is 5.32 Å². The lowest BCUT2D eigenvalue weighted by atomic mass is 10.1. The molecule has 1 fully saturated rings. The summed E-state index contributed by atoms with van der Waals surface area (Å²) in [5.41, 5.74) is 2.97. The van der Waals surface area contributed by atoms with Crippen molar-refractivity contribution in [1.29, 1.82) is 0 Å². The van der Waals surface area contributed by atoms with Crippen molar-refractivity contribution in [3.63, 3.8) is 0 Å². The molecule has 0 radical (unpaired) electrons. The number of carbonyl (C=O) groups excluding carboxylic acids is 1. The Hall–Kier alpha value is -1.88. The second-order valence-electron chi connectivity index (χ2n) is 4.92. The summed E-state index contributed by atoms with van der Waals surface area (Å²) >= 11 is 0. The summed E-state index contributed by atoms with van der Waals surface area (Å²) in [5.74, 6) is 0.211. The zero-order valence-electron chi connectivity index (χ0n) is 10.9. The highest BCUT2D eigenvalue weighted by Gasteiger charge is 2.15. The lowest BCUT2D eigenvalue weighted by Crippen LogP contribution is -2.35. The Labute approximate surface area is 112 Å². The maximum absolute atomic E-state index is 12.3. The van der Waals surface area contributed by atoms with Crippen LogP contribution in [0.1, 0.15) is 12.0 Å². The molecular formula is C14H18N4O. The molecule has 0 atom stereocenters. The quantitative estimate of drug-likeness (QED) is 0.842. The number of nitrogens with one attached hydrogen (secondary N) is 2. The zero-order valence-corrected chi connectivity index (χ0v) is 10.9. The fourth-order valence-electron chi connectivity index (χ4n) is 2.47. The molecule has 5 nitrogen and oxygen atoms in total. The number of rotatable bonds is 2. The van der Waals surface area contributed by atoms with Gasteiger partial charge in [0.25, 0.3) is 0 Å². The average molecular weight is 258 g/mol. The fraction of sp³-hybridized carbons (Fsp3) is 0.429. The molecule has 1 aliphatic heterocycles. The van der Waals surface area contributed by atoms with Crippen molar-refractivity contribution in [3.05, 3.63) is 30.1 Å². The van der Waals surface area contributed by atoms with E-state index in [-0.39, 0.29) is 5.91 Å². The lowest BCUT2D eigenvalue weighted by Gasteiger charge is -2.19. The molecule has 1 aromatic heterocycles. The molecule has 0 unspecified atom stereocenters. The minimum Gasteiger partial charge on any atom is -0.345 e. The molecule has 2 aromatic rings. The van der Waals surface area contributed by atoms with Gasteiger partial charge >= 0.3 is 0 Å². The molecule has 2 heterocycles. The standard InChI is InChI=1S/C14H18N4O/c19-14(18-6-1-4-15-5-7-18)9-11-2-3-12-13(8-11)17-10-16-12/h2-3,8,10,15H,1,4-7,9H2,(H,16,17). The number of hydrogen-bond acceptors (Lipinski definition) is 3. The van der Waals surface area contributed by atoms with Crippen molar-refractivity contribution in [2.75, 3.05) is 26.2 Å². The van der Waals surface area contributed by atoms with Gasteiger partial charge in [0.1, 0.15) is 0 Å². The first kappa shape index (κ1) is 12.2. The number of carbonyl (C=O) groups is 1.